The average molecular weight is 558 g/mol. The van der Waals surface area contributed by atoms with Gasteiger partial charge in [0.25, 0.3) is 5.91 Å². The van der Waals surface area contributed by atoms with Crippen LogP contribution in [-0.4, -0.2) is 39.3 Å². The van der Waals surface area contributed by atoms with E-state index in [0.29, 0.717) is 30.0 Å². The van der Waals surface area contributed by atoms with Crippen LogP contribution in [0.4, 0.5) is 18.9 Å². The van der Waals surface area contributed by atoms with E-state index in [1.54, 1.807) is 43.3 Å². The molecule has 0 spiro atoms. The zero-order chi connectivity index (χ0) is 28.2. The van der Waals surface area contributed by atoms with Crippen LogP contribution >= 0.6 is 0 Å². The van der Waals surface area contributed by atoms with Crippen molar-refractivity contribution in [3.05, 3.63) is 89.5 Å². The second-order valence-corrected chi connectivity index (χ2v) is 11.4. The van der Waals surface area contributed by atoms with Crippen molar-refractivity contribution in [2.45, 2.75) is 36.6 Å². The third-order valence-corrected chi connectivity index (χ3v) is 8.20. The van der Waals surface area contributed by atoms with Crippen LogP contribution in [0.15, 0.2) is 77.7 Å². The van der Waals surface area contributed by atoms with Gasteiger partial charge in [0, 0.05) is 11.3 Å². The molecule has 1 aliphatic rings. The number of hydrogen-bond acceptors (Lipinski definition) is 6. The zero-order valence-corrected chi connectivity index (χ0v) is 21.8. The molecule has 1 fully saturated rings. The molecule has 1 saturated heterocycles. The molecule has 0 unspecified atom stereocenters. The van der Waals surface area contributed by atoms with E-state index in [0.717, 1.165) is 17.8 Å². The largest absolute Gasteiger partial charge is 0.487 e. The highest BCUT2D eigenvalue weighted by molar-refractivity contribution is 7.91. The second kappa shape index (κ2) is 11.4. The van der Waals surface area contributed by atoms with Crippen LogP contribution in [0.1, 0.15) is 40.9 Å². The summed E-state index contributed by atoms with van der Waals surface area (Å²) in [6, 6.07) is 19.1. The molecule has 3 aromatic rings. The molecule has 39 heavy (non-hydrogen) atoms. The highest BCUT2D eigenvalue weighted by Gasteiger charge is 2.31. The topological polar surface area (TPSA) is 99.5 Å². The van der Waals surface area contributed by atoms with Crippen LogP contribution in [0.3, 0.4) is 0 Å². The van der Waals surface area contributed by atoms with E-state index in [2.05, 4.69) is 5.32 Å². The lowest BCUT2D eigenvalue weighted by molar-refractivity contribution is -0.137. The molecule has 7 nitrogen and oxygen atoms in total. The minimum atomic E-state index is -4.39. The molecule has 0 radical (unpaired) electrons. The summed E-state index contributed by atoms with van der Waals surface area (Å²) in [6.07, 6.45) is -4.55. The zero-order valence-electron chi connectivity index (χ0n) is 21.0. The van der Waals surface area contributed by atoms with Crippen molar-refractivity contribution < 1.29 is 31.1 Å². The highest BCUT2D eigenvalue weighted by atomic mass is 32.2. The Bertz CT molecular complexity index is 1440. The number of amides is 1. The lowest BCUT2D eigenvalue weighted by Gasteiger charge is -2.40. The van der Waals surface area contributed by atoms with E-state index in [1.807, 2.05) is 11.0 Å². The molecular formula is C28H26F3N3O4S. The molecule has 0 aromatic heterocycles. The summed E-state index contributed by atoms with van der Waals surface area (Å²) in [7, 11) is -3.36. The van der Waals surface area contributed by atoms with Crippen molar-refractivity contribution in [3.8, 4) is 11.8 Å². The number of nitriles is 1. The number of sulfone groups is 1. The van der Waals surface area contributed by atoms with Gasteiger partial charge in [0.1, 0.15) is 11.9 Å². The van der Waals surface area contributed by atoms with Gasteiger partial charge in [0.05, 0.1) is 47.8 Å². The van der Waals surface area contributed by atoms with Crippen molar-refractivity contribution >= 4 is 21.4 Å². The maximum absolute atomic E-state index is 12.9. The number of rotatable bonds is 9. The minimum absolute atomic E-state index is 0.0117. The standard InChI is InChI=1S/C28H26F3N3O4S/c1-2-39(36,37)25-13-5-19(6-14-25)26(15-16-32)33-27(35)20-3-9-22(10-4-20)34-17-24(18-34)38-23-11-7-21(8-12-23)28(29,30)31/h3-14,24,26H,2,15,17-18H2,1H3,(H,33,35)/t26-/m0/s1. The monoisotopic (exact) mass is 557 g/mol. The first-order chi connectivity index (χ1) is 18.5. The maximum atomic E-state index is 12.9. The predicted molar refractivity (Wildman–Crippen MR) is 139 cm³/mol. The van der Waals surface area contributed by atoms with Crippen molar-refractivity contribution in [2.24, 2.45) is 0 Å². The van der Waals surface area contributed by atoms with Crippen LogP contribution in [0.25, 0.3) is 0 Å². The third-order valence-electron chi connectivity index (χ3n) is 6.45. The van der Waals surface area contributed by atoms with Gasteiger partial charge in [-0.3, -0.25) is 4.79 Å². The predicted octanol–water partition coefficient (Wildman–Crippen LogP) is 5.15. The maximum Gasteiger partial charge on any atom is 0.416 e. The summed E-state index contributed by atoms with van der Waals surface area (Å²) in [6.45, 7) is 2.64. The highest BCUT2D eigenvalue weighted by Crippen LogP contribution is 2.31. The smallest absolute Gasteiger partial charge is 0.416 e. The first kappa shape index (κ1) is 28.0. The fourth-order valence-electron chi connectivity index (χ4n) is 4.12. The average Bonchev–Trinajstić information content (AvgIpc) is 2.90. The number of alkyl halides is 3. The van der Waals surface area contributed by atoms with E-state index >= 15 is 0 Å². The number of halogens is 3. The number of hydrogen-bond donors (Lipinski definition) is 1. The fraction of sp³-hybridized carbons (Fsp3) is 0.286. The van der Waals surface area contributed by atoms with Gasteiger partial charge in [0.2, 0.25) is 0 Å². The Morgan fingerprint density at radius 3 is 2.21 bits per heavy atom. The van der Waals surface area contributed by atoms with Crippen LogP contribution in [0.2, 0.25) is 0 Å². The Morgan fingerprint density at radius 2 is 1.67 bits per heavy atom. The first-order valence-electron chi connectivity index (χ1n) is 12.2. The summed E-state index contributed by atoms with van der Waals surface area (Å²) in [5.74, 6) is -0.0299. The molecule has 1 N–H and O–H groups in total. The molecule has 1 atom stereocenters. The lowest BCUT2D eigenvalue weighted by atomic mass is 10.0. The summed E-state index contributed by atoms with van der Waals surface area (Å²) < 4.78 is 68.0. The van der Waals surface area contributed by atoms with Crippen molar-refractivity contribution in [3.63, 3.8) is 0 Å². The number of carbonyl (C=O) groups is 1. The van der Waals surface area contributed by atoms with E-state index < -0.39 is 27.6 Å². The SMILES string of the molecule is CCS(=O)(=O)c1ccc([C@H](CC#N)NC(=O)c2ccc(N3CC(Oc4ccc(C(F)(F)F)cc4)C3)cc2)cc1. The summed E-state index contributed by atoms with van der Waals surface area (Å²) in [4.78, 5) is 15.1. The van der Waals surface area contributed by atoms with Crippen LogP contribution in [0, 0.1) is 11.3 Å². The molecule has 0 saturated carbocycles. The van der Waals surface area contributed by atoms with E-state index in [-0.39, 0.29) is 29.1 Å². The minimum Gasteiger partial charge on any atom is -0.487 e. The number of ether oxygens (including phenoxy) is 1. The number of anilines is 1. The second-order valence-electron chi connectivity index (χ2n) is 9.07. The van der Waals surface area contributed by atoms with Crippen molar-refractivity contribution in [1.82, 2.24) is 5.32 Å². The number of nitrogens with one attached hydrogen (secondary N) is 1. The Morgan fingerprint density at radius 1 is 1.05 bits per heavy atom. The Labute approximate surface area is 224 Å². The summed E-state index contributed by atoms with van der Waals surface area (Å²) in [5.41, 5.74) is 1.15. The molecule has 11 heteroatoms. The normalized spacial score (nSPS) is 14.7. The fourth-order valence-corrected chi connectivity index (χ4v) is 5.01. The number of benzene rings is 3. The molecule has 1 amide bonds. The van der Waals surface area contributed by atoms with Crippen molar-refractivity contribution in [1.29, 1.82) is 5.26 Å². The van der Waals surface area contributed by atoms with Gasteiger partial charge < -0.3 is 15.0 Å². The summed E-state index contributed by atoms with van der Waals surface area (Å²) >= 11 is 0. The molecule has 0 aliphatic carbocycles. The lowest BCUT2D eigenvalue weighted by Crippen LogP contribution is -2.54. The third kappa shape index (κ3) is 6.70. The van der Waals surface area contributed by atoms with Gasteiger partial charge in [0.15, 0.2) is 9.84 Å². The number of nitrogens with zero attached hydrogens (tertiary/aromatic N) is 2. The van der Waals surface area contributed by atoms with E-state index in [9.17, 15) is 31.6 Å². The molecule has 1 heterocycles. The van der Waals surface area contributed by atoms with Crippen LogP contribution in [0.5, 0.6) is 5.75 Å². The summed E-state index contributed by atoms with van der Waals surface area (Å²) in [5, 5.41) is 12.1. The van der Waals surface area contributed by atoms with Gasteiger partial charge in [-0.15, -0.1) is 0 Å². The first-order valence-corrected chi connectivity index (χ1v) is 13.8. The van der Waals surface area contributed by atoms with Gasteiger partial charge in [-0.25, -0.2) is 8.42 Å². The molecular weight excluding hydrogens is 531 g/mol. The van der Waals surface area contributed by atoms with Crippen molar-refractivity contribution in [2.75, 3.05) is 23.7 Å². The molecule has 1 aliphatic heterocycles. The van der Waals surface area contributed by atoms with Gasteiger partial charge >= 0.3 is 6.18 Å². The van der Waals surface area contributed by atoms with Crippen LogP contribution in [-0.2, 0) is 16.0 Å². The Kier molecular flexibility index (Phi) is 8.16. The Balaban J connectivity index is 1.33. The number of carbonyl (C=O) groups excluding carboxylic acids is 1. The molecule has 4 rings (SSSR count). The van der Waals surface area contributed by atoms with E-state index in [4.69, 9.17) is 4.74 Å². The quantitative estimate of drug-likeness (QED) is 0.391. The van der Waals surface area contributed by atoms with E-state index in [1.165, 1.54) is 24.3 Å². The van der Waals surface area contributed by atoms with Gasteiger partial charge in [-0.2, -0.15) is 18.4 Å². The van der Waals surface area contributed by atoms with Gasteiger partial charge in [-0.05, 0) is 66.2 Å². The molecule has 3 aromatic carbocycles. The molecule has 204 valence electrons. The van der Waals surface area contributed by atoms with Gasteiger partial charge in [-0.1, -0.05) is 19.1 Å². The van der Waals surface area contributed by atoms with Crippen LogP contribution < -0.4 is 15.0 Å². The molecule has 0 bridgehead atoms. The Hall–Kier alpha value is -4.04.